The van der Waals surface area contributed by atoms with E-state index in [9.17, 15) is 4.79 Å². The number of oxime groups is 1. The van der Waals surface area contributed by atoms with E-state index in [0.29, 0.717) is 12.8 Å². The van der Waals surface area contributed by atoms with Gasteiger partial charge in [-0.05, 0) is 31.4 Å². The number of nitrogens with two attached hydrogens (primary N) is 1. The van der Waals surface area contributed by atoms with Gasteiger partial charge in [0.25, 0.3) is 0 Å². The van der Waals surface area contributed by atoms with Crippen molar-refractivity contribution in [3.8, 4) is 0 Å². The summed E-state index contributed by atoms with van der Waals surface area (Å²) in [7, 11) is 0. The lowest BCUT2D eigenvalue weighted by molar-refractivity contribution is -0.123. The molecule has 4 N–H and O–H groups in total. The number of benzene rings is 1. The third-order valence-electron chi connectivity index (χ3n) is 4.13. The van der Waals surface area contributed by atoms with Crippen molar-refractivity contribution in [2.24, 2.45) is 16.3 Å². The highest BCUT2D eigenvalue weighted by atomic mass is 16.4. The zero-order valence-corrected chi connectivity index (χ0v) is 11.7. The molecule has 0 spiro atoms. The molecule has 108 valence electrons. The highest BCUT2D eigenvalue weighted by Gasteiger charge is 2.43. The molecule has 0 saturated heterocycles. The first-order valence-electron chi connectivity index (χ1n) is 6.95. The summed E-state index contributed by atoms with van der Waals surface area (Å²) in [6, 6.07) is 7.59. The van der Waals surface area contributed by atoms with E-state index < -0.39 is 5.41 Å². The molecule has 1 aromatic rings. The molecule has 1 aromatic carbocycles. The Bertz CT molecular complexity index is 520. The molecular weight excluding hydrogens is 254 g/mol. The predicted molar refractivity (Wildman–Crippen MR) is 78.7 cm³/mol. The van der Waals surface area contributed by atoms with Gasteiger partial charge in [0.2, 0.25) is 5.91 Å². The molecule has 0 atom stereocenters. The molecule has 2 rings (SSSR count). The number of amides is 1. The molecule has 1 fully saturated rings. The Morgan fingerprint density at radius 3 is 2.55 bits per heavy atom. The zero-order valence-electron chi connectivity index (χ0n) is 11.7. The normalized spacial score (nSPS) is 18.6. The third kappa shape index (κ3) is 2.61. The molecule has 0 radical (unpaired) electrons. The summed E-state index contributed by atoms with van der Waals surface area (Å²) < 4.78 is 0. The maximum atomic E-state index is 12.7. The van der Waals surface area contributed by atoms with Gasteiger partial charge in [0.15, 0.2) is 5.84 Å². The lowest BCUT2D eigenvalue weighted by Crippen LogP contribution is -2.48. The van der Waals surface area contributed by atoms with Crippen molar-refractivity contribution in [1.29, 1.82) is 0 Å². The van der Waals surface area contributed by atoms with Gasteiger partial charge in [0.1, 0.15) is 5.41 Å². The fourth-order valence-corrected chi connectivity index (χ4v) is 2.81. The first kappa shape index (κ1) is 14.4. The van der Waals surface area contributed by atoms with Crippen LogP contribution in [0.5, 0.6) is 0 Å². The lowest BCUT2D eigenvalue weighted by Gasteiger charge is -2.34. The Balaban J connectivity index is 2.26. The van der Waals surface area contributed by atoms with Gasteiger partial charge < -0.3 is 16.3 Å². The molecule has 0 heterocycles. The van der Waals surface area contributed by atoms with Gasteiger partial charge in [-0.15, -0.1) is 0 Å². The number of hydrogen-bond donors (Lipinski definition) is 3. The van der Waals surface area contributed by atoms with Crippen LogP contribution in [0.25, 0.3) is 0 Å². The van der Waals surface area contributed by atoms with Crippen molar-refractivity contribution in [2.45, 2.75) is 39.0 Å². The van der Waals surface area contributed by atoms with Crippen molar-refractivity contribution in [2.75, 3.05) is 5.32 Å². The van der Waals surface area contributed by atoms with Gasteiger partial charge in [-0.25, -0.2) is 0 Å². The standard InChI is InChI=1S/C15H21N3O2/c1-11-7-3-4-8-12(11)17-14(19)15(13(16)18-20)9-5-2-6-10-15/h3-4,7-8,20H,2,5-6,9-10H2,1H3,(H2,16,18)(H,17,19). The fraction of sp³-hybridized carbons (Fsp3) is 0.467. The smallest absolute Gasteiger partial charge is 0.238 e. The van der Waals surface area contributed by atoms with Gasteiger partial charge in [-0.3, -0.25) is 4.79 Å². The van der Waals surface area contributed by atoms with E-state index >= 15 is 0 Å². The molecule has 5 heteroatoms. The van der Waals surface area contributed by atoms with E-state index in [1.165, 1.54) is 0 Å². The van der Waals surface area contributed by atoms with Crippen LogP contribution in [-0.2, 0) is 4.79 Å². The summed E-state index contributed by atoms with van der Waals surface area (Å²) in [4.78, 5) is 12.7. The van der Waals surface area contributed by atoms with E-state index in [1.807, 2.05) is 31.2 Å². The molecule has 0 aromatic heterocycles. The second-order valence-corrected chi connectivity index (χ2v) is 5.40. The average molecular weight is 275 g/mol. The van der Waals surface area contributed by atoms with Crippen LogP contribution in [0.4, 0.5) is 5.69 Å². The molecule has 5 nitrogen and oxygen atoms in total. The van der Waals surface area contributed by atoms with Crippen LogP contribution in [0.1, 0.15) is 37.7 Å². The summed E-state index contributed by atoms with van der Waals surface area (Å²) >= 11 is 0. The topological polar surface area (TPSA) is 87.7 Å². The summed E-state index contributed by atoms with van der Waals surface area (Å²) in [6.07, 6.45) is 4.16. The monoisotopic (exact) mass is 275 g/mol. The molecule has 1 saturated carbocycles. The van der Waals surface area contributed by atoms with Gasteiger partial charge >= 0.3 is 0 Å². The Morgan fingerprint density at radius 1 is 1.30 bits per heavy atom. The van der Waals surface area contributed by atoms with Crippen LogP contribution in [0.15, 0.2) is 29.4 Å². The third-order valence-corrected chi connectivity index (χ3v) is 4.13. The number of amidine groups is 1. The van der Waals surface area contributed by atoms with Gasteiger partial charge in [-0.1, -0.05) is 42.6 Å². The van der Waals surface area contributed by atoms with Crippen LogP contribution in [-0.4, -0.2) is 17.0 Å². The maximum Gasteiger partial charge on any atom is 0.238 e. The number of aryl methyl sites for hydroxylation is 1. The highest BCUT2D eigenvalue weighted by molar-refractivity contribution is 6.12. The van der Waals surface area contributed by atoms with E-state index in [1.54, 1.807) is 0 Å². The number of carbonyl (C=O) groups is 1. The second-order valence-electron chi connectivity index (χ2n) is 5.40. The van der Waals surface area contributed by atoms with Crippen molar-refractivity contribution >= 4 is 17.4 Å². The van der Waals surface area contributed by atoms with Crippen LogP contribution >= 0.6 is 0 Å². The van der Waals surface area contributed by atoms with Crippen LogP contribution in [0, 0.1) is 12.3 Å². The number of carbonyl (C=O) groups excluding carboxylic acids is 1. The molecule has 1 aliphatic carbocycles. The molecule has 0 bridgehead atoms. The number of rotatable bonds is 3. The largest absolute Gasteiger partial charge is 0.409 e. The zero-order chi connectivity index (χ0) is 14.6. The fourth-order valence-electron chi connectivity index (χ4n) is 2.81. The second kappa shape index (κ2) is 5.94. The minimum absolute atomic E-state index is 0.0169. The number of nitrogens with one attached hydrogen (secondary N) is 1. The van der Waals surface area contributed by atoms with Crippen molar-refractivity contribution in [3.63, 3.8) is 0 Å². The Labute approximate surface area is 118 Å². The van der Waals surface area contributed by atoms with Crippen molar-refractivity contribution < 1.29 is 10.0 Å². The van der Waals surface area contributed by atoms with Crippen molar-refractivity contribution in [1.82, 2.24) is 0 Å². The average Bonchev–Trinajstić information content (AvgIpc) is 2.49. The molecule has 1 amide bonds. The van der Waals surface area contributed by atoms with Gasteiger partial charge in [0, 0.05) is 5.69 Å². The van der Waals surface area contributed by atoms with E-state index in [2.05, 4.69) is 10.5 Å². The molecule has 0 unspecified atom stereocenters. The minimum atomic E-state index is -0.880. The lowest BCUT2D eigenvalue weighted by atomic mass is 9.72. The first-order valence-corrected chi connectivity index (χ1v) is 6.95. The summed E-state index contributed by atoms with van der Waals surface area (Å²) in [5.41, 5.74) is 6.70. The van der Waals surface area contributed by atoms with E-state index in [4.69, 9.17) is 10.9 Å². The van der Waals surface area contributed by atoms with Crippen molar-refractivity contribution in [3.05, 3.63) is 29.8 Å². The highest BCUT2D eigenvalue weighted by Crippen LogP contribution is 2.37. The van der Waals surface area contributed by atoms with Crippen LogP contribution in [0.2, 0.25) is 0 Å². The summed E-state index contributed by atoms with van der Waals surface area (Å²) in [6.45, 7) is 1.94. The minimum Gasteiger partial charge on any atom is -0.409 e. The first-order chi connectivity index (χ1) is 9.60. The Kier molecular flexibility index (Phi) is 4.27. The number of para-hydroxylation sites is 1. The van der Waals surface area contributed by atoms with Gasteiger partial charge in [0.05, 0.1) is 0 Å². The molecule has 1 aliphatic rings. The van der Waals surface area contributed by atoms with Crippen LogP contribution < -0.4 is 11.1 Å². The Morgan fingerprint density at radius 2 is 1.95 bits per heavy atom. The molecule has 0 aliphatic heterocycles. The Hall–Kier alpha value is -2.04. The predicted octanol–water partition coefficient (Wildman–Crippen LogP) is 2.63. The van der Waals surface area contributed by atoms with E-state index in [-0.39, 0.29) is 11.7 Å². The summed E-state index contributed by atoms with van der Waals surface area (Å²) in [5, 5.41) is 15.0. The van der Waals surface area contributed by atoms with E-state index in [0.717, 1.165) is 30.5 Å². The number of nitrogens with zero attached hydrogens (tertiary/aromatic N) is 1. The number of anilines is 1. The van der Waals surface area contributed by atoms with Crippen LogP contribution in [0.3, 0.4) is 0 Å². The van der Waals surface area contributed by atoms with Gasteiger partial charge in [-0.2, -0.15) is 0 Å². The molecular formula is C15H21N3O2. The number of hydrogen-bond acceptors (Lipinski definition) is 3. The summed E-state index contributed by atoms with van der Waals surface area (Å²) in [5.74, 6) is -0.162. The quantitative estimate of drug-likeness (QED) is 0.343. The maximum absolute atomic E-state index is 12.7. The molecule has 20 heavy (non-hydrogen) atoms. The SMILES string of the molecule is Cc1ccccc1NC(=O)C1(C(N)=NO)CCCCC1.